The van der Waals surface area contributed by atoms with E-state index in [1.807, 2.05) is 42.5 Å². The smallest absolute Gasteiger partial charge is 0.299 e. The molecule has 142 valence electrons. The maximum atomic E-state index is 11.1. The molecule has 2 heterocycles. The first-order valence-corrected chi connectivity index (χ1v) is 9.35. The number of hydrogen-bond donors (Lipinski definition) is 0. The fraction of sp³-hybridized carbons (Fsp3) is 0.0435. The number of nitro groups is 1. The van der Waals surface area contributed by atoms with Crippen molar-refractivity contribution in [1.29, 1.82) is 0 Å². The van der Waals surface area contributed by atoms with Gasteiger partial charge in [-0.3, -0.25) is 10.1 Å². The number of rotatable bonds is 2. The van der Waals surface area contributed by atoms with Crippen LogP contribution < -0.4 is 9.47 Å². The summed E-state index contributed by atoms with van der Waals surface area (Å²) in [4.78, 5) is 10.7. The largest absolute Gasteiger partial charge is 0.444 e. The number of nitro benzene ring substituents is 1. The van der Waals surface area contributed by atoms with Crippen molar-refractivity contribution >= 4 is 35.0 Å². The maximum absolute atomic E-state index is 11.1. The Balaban J connectivity index is 1.66. The monoisotopic (exact) mass is 403 g/mol. The van der Waals surface area contributed by atoms with Gasteiger partial charge in [-0.15, -0.1) is 0 Å². The van der Waals surface area contributed by atoms with Crippen LogP contribution in [0.25, 0.3) is 17.7 Å². The number of nitrogens with zero attached hydrogens (tertiary/aromatic N) is 1. The Kier molecular flexibility index (Phi) is 3.93. The predicted molar refractivity (Wildman–Crippen MR) is 112 cm³/mol. The van der Waals surface area contributed by atoms with Crippen LogP contribution in [0, 0.1) is 10.1 Å². The van der Waals surface area contributed by atoms with Crippen LogP contribution in [-0.2, 0) is 0 Å². The van der Waals surface area contributed by atoms with E-state index in [9.17, 15) is 10.1 Å². The first-order valence-electron chi connectivity index (χ1n) is 8.97. The lowest BCUT2D eigenvalue weighted by molar-refractivity contribution is -0.384. The quantitative estimate of drug-likeness (QED) is 0.390. The molecule has 29 heavy (non-hydrogen) atoms. The molecule has 1 spiro atoms. The normalized spacial score (nSPS) is 18.9. The van der Waals surface area contributed by atoms with Crippen LogP contribution in [0.5, 0.6) is 11.5 Å². The molecule has 3 aromatic carbocycles. The average Bonchev–Trinajstić information content (AvgIpc) is 2.74. The SMILES string of the molecule is O=[N+]([O-])c1ccc2c(c1)C=CC1(Oc3ccc(Cl)cc3C=C1c1ccccc1)O2. The van der Waals surface area contributed by atoms with E-state index in [4.69, 9.17) is 21.1 Å². The number of ether oxygens (including phenoxy) is 2. The Morgan fingerprint density at radius 3 is 2.38 bits per heavy atom. The summed E-state index contributed by atoms with van der Waals surface area (Å²) in [6, 6.07) is 19.7. The molecular formula is C23H14ClNO4. The lowest BCUT2D eigenvalue weighted by atomic mass is 9.90. The van der Waals surface area contributed by atoms with E-state index in [0.717, 1.165) is 16.7 Å². The van der Waals surface area contributed by atoms with Crippen LogP contribution in [0.3, 0.4) is 0 Å². The van der Waals surface area contributed by atoms with Crippen molar-refractivity contribution in [3.63, 3.8) is 0 Å². The summed E-state index contributed by atoms with van der Waals surface area (Å²) < 4.78 is 12.7. The second-order valence-electron chi connectivity index (χ2n) is 6.79. The third kappa shape index (κ3) is 2.96. The predicted octanol–water partition coefficient (Wildman–Crippen LogP) is 5.98. The van der Waals surface area contributed by atoms with Crippen molar-refractivity contribution in [2.45, 2.75) is 5.79 Å². The second kappa shape index (κ2) is 6.50. The topological polar surface area (TPSA) is 61.6 Å². The first kappa shape index (κ1) is 17.5. The lowest BCUT2D eigenvalue weighted by Crippen LogP contribution is -2.44. The molecule has 2 aliphatic heterocycles. The van der Waals surface area contributed by atoms with Crippen molar-refractivity contribution in [2.24, 2.45) is 0 Å². The second-order valence-corrected chi connectivity index (χ2v) is 7.23. The zero-order valence-corrected chi connectivity index (χ0v) is 15.8. The van der Waals surface area contributed by atoms with Gasteiger partial charge in [0.05, 0.1) is 4.92 Å². The Hall–Kier alpha value is -3.57. The summed E-state index contributed by atoms with van der Waals surface area (Å²) in [6.07, 6.45) is 5.58. The highest BCUT2D eigenvalue weighted by molar-refractivity contribution is 6.30. The van der Waals surface area contributed by atoms with E-state index >= 15 is 0 Å². The molecule has 0 aromatic heterocycles. The minimum absolute atomic E-state index is 0.0105. The molecule has 5 rings (SSSR count). The van der Waals surface area contributed by atoms with Gasteiger partial charge in [-0.05, 0) is 42.0 Å². The Morgan fingerprint density at radius 1 is 0.897 bits per heavy atom. The van der Waals surface area contributed by atoms with Gasteiger partial charge >= 0.3 is 0 Å². The molecular weight excluding hydrogens is 390 g/mol. The van der Waals surface area contributed by atoms with E-state index in [0.29, 0.717) is 22.1 Å². The Labute approximate surface area is 171 Å². The summed E-state index contributed by atoms with van der Waals surface area (Å²) in [5, 5.41) is 11.7. The van der Waals surface area contributed by atoms with Crippen LogP contribution >= 0.6 is 11.6 Å². The molecule has 0 bridgehead atoms. The number of fused-ring (bicyclic) bond motifs is 2. The van der Waals surface area contributed by atoms with Crippen LogP contribution in [-0.4, -0.2) is 10.7 Å². The van der Waals surface area contributed by atoms with Gasteiger partial charge in [-0.2, -0.15) is 0 Å². The van der Waals surface area contributed by atoms with Gasteiger partial charge in [0.1, 0.15) is 11.5 Å². The molecule has 0 saturated heterocycles. The van der Waals surface area contributed by atoms with Gasteiger partial charge in [0, 0.05) is 39.9 Å². The fourth-order valence-electron chi connectivity index (χ4n) is 3.57. The zero-order chi connectivity index (χ0) is 20.0. The zero-order valence-electron chi connectivity index (χ0n) is 15.0. The van der Waals surface area contributed by atoms with Gasteiger partial charge in [0.15, 0.2) is 0 Å². The fourth-order valence-corrected chi connectivity index (χ4v) is 3.75. The lowest BCUT2D eigenvalue weighted by Gasteiger charge is -2.39. The molecule has 0 saturated carbocycles. The molecule has 0 fully saturated rings. The van der Waals surface area contributed by atoms with Crippen LogP contribution in [0.4, 0.5) is 5.69 Å². The van der Waals surface area contributed by atoms with E-state index in [-0.39, 0.29) is 5.69 Å². The van der Waals surface area contributed by atoms with E-state index in [2.05, 4.69) is 0 Å². The van der Waals surface area contributed by atoms with Crippen molar-refractivity contribution in [1.82, 2.24) is 0 Å². The third-order valence-corrected chi connectivity index (χ3v) is 5.18. The average molecular weight is 404 g/mol. The minimum atomic E-state index is -1.19. The highest BCUT2D eigenvalue weighted by atomic mass is 35.5. The van der Waals surface area contributed by atoms with Gasteiger partial charge in [0.2, 0.25) is 0 Å². The molecule has 2 aliphatic rings. The molecule has 3 aromatic rings. The first-order chi connectivity index (χ1) is 14.0. The van der Waals surface area contributed by atoms with Crippen molar-refractivity contribution in [2.75, 3.05) is 0 Å². The number of non-ortho nitro benzene ring substituents is 1. The molecule has 6 heteroatoms. The molecule has 5 nitrogen and oxygen atoms in total. The summed E-state index contributed by atoms with van der Waals surface area (Å²) in [6.45, 7) is 0. The third-order valence-electron chi connectivity index (χ3n) is 4.94. The standard InChI is InChI=1S/C23H14ClNO4/c24-18-6-8-22-17(12-18)14-20(15-4-2-1-3-5-15)23(29-22)11-10-16-13-19(25(26)27)7-9-21(16)28-23/h1-14H. The van der Waals surface area contributed by atoms with Gasteiger partial charge < -0.3 is 9.47 Å². The van der Waals surface area contributed by atoms with E-state index in [1.54, 1.807) is 30.4 Å². The van der Waals surface area contributed by atoms with Crippen LogP contribution in [0.2, 0.25) is 5.02 Å². The molecule has 0 aliphatic carbocycles. The molecule has 0 radical (unpaired) electrons. The van der Waals surface area contributed by atoms with Gasteiger partial charge in [0.25, 0.3) is 11.5 Å². The maximum Gasteiger partial charge on any atom is 0.299 e. The summed E-state index contributed by atoms with van der Waals surface area (Å²) in [7, 11) is 0. The number of hydrogen-bond acceptors (Lipinski definition) is 4. The van der Waals surface area contributed by atoms with Crippen molar-refractivity contribution in [3.05, 3.63) is 105 Å². The minimum Gasteiger partial charge on any atom is -0.444 e. The van der Waals surface area contributed by atoms with Crippen LogP contribution in [0.1, 0.15) is 16.7 Å². The van der Waals surface area contributed by atoms with E-state index in [1.165, 1.54) is 12.1 Å². The number of benzene rings is 3. The van der Waals surface area contributed by atoms with Gasteiger partial charge in [-0.25, -0.2) is 0 Å². The van der Waals surface area contributed by atoms with Crippen molar-refractivity contribution < 1.29 is 14.4 Å². The van der Waals surface area contributed by atoms with Gasteiger partial charge in [-0.1, -0.05) is 41.9 Å². The van der Waals surface area contributed by atoms with E-state index < -0.39 is 10.7 Å². The summed E-state index contributed by atoms with van der Waals surface area (Å²) in [5.74, 6) is -0.0351. The molecule has 1 atom stereocenters. The summed E-state index contributed by atoms with van der Waals surface area (Å²) in [5.41, 5.74) is 3.24. The Bertz CT molecular complexity index is 1200. The Morgan fingerprint density at radius 2 is 1.62 bits per heavy atom. The molecule has 0 N–H and O–H groups in total. The van der Waals surface area contributed by atoms with Crippen molar-refractivity contribution in [3.8, 4) is 11.5 Å². The van der Waals surface area contributed by atoms with Crippen LogP contribution in [0.15, 0.2) is 72.8 Å². The highest BCUT2D eigenvalue weighted by Crippen LogP contribution is 2.46. The number of halogens is 1. The molecule has 0 amide bonds. The molecule has 1 unspecified atom stereocenters. The summed E-state index contributed by atoms with van der Waals surface area (Å²) >= 11 is 6.17. The highest BCUT2D eigenvalue weighted by Gasteiger charge is 2.43.